The molecule has 1 atom stereocenters. The number of nitrogens with one attached hydrogen (secondary N) is 1. The highest BCUT2D eigenvalue weighted by atomic mass is 79.9. The second kappa shape index (κ2) is 6.03. The third kappa shape index (κ3) is 2.99. The maximum Gasteiger partial charge on any atom is 0.119 e. The van der Waals surface area contributed by atoms with Gasteiger partial charge in [0.25, 0.3) is 0 Å². The van der Waals surface area contributed by atoms with Gasteiger partial charge in [0.05, 0.1) is 18.8 Å². The normalized spacial score (nSPS) is 12.5. The van der Waals surface area contributed by atoms with Crippen molar-refractivity contribution >= 4 is 27.3 Å². The van der Waals surface area contributed by atoms with Gasteiger partial charge in [0.2, 0.25) is 0 Å². The van der Waals surface area contributed by atoms with Crippen LogP contribution in [0.15, 0.2) is 22.7 Å². The molecule has 1 unspecified atom stereocenters. The summed E-state index contributed by atoms with van der Waals surface area (Å²) < 4.78 is 6.36. The molecule has 0 radical (unpaired) electrons. The smallest absolute Gasteiger partial charge is 0.119 e. The third-order valence-corrected chi connectivity index (χ3v) is 4.95. The fraction of sp³-hybridized carbons (Fsp3) is 0.357. The molecule has 0 spiro atoms. The number of nitrogens with zero attached hydrogens (tertiary/aromatic N) is 1. The van der Waals surface area contributed by atoms with Crippen molar-refractivity contribution in [2.45, 2.75) is 19.9 Å². The SMILES string of the molecule is CNC(c1nc(C)c(C)s1)c1cc(OC)ccc1Br. The number of methoxy groups -OCH3 is 1. The van der Waals surface area contributed by atoms with Gasteiger partial charge in [0.1, 0.15) is 10.8 Å². The molecule has 0 aliphatic heterocycles. The van der Waals surface area contributed by atoms with Crippen LogP contribution in [0.1, 0.15) is 27.2 Å². The quantitative estimate of drug-likeness (QED) is 0.918. The van der Waals surface area contributed by atoms with E-state index < -0.39 is 0 Å². The monoisotopic (exact) mass is 340 g/mol. The summed E-state index contributed by atoms with van der Waals surface area (Å²) in [6, 6.07) is 6.06. The molecule has 0 fully saturated rings. The largest absolute Gasteiger partial charge is 0.497 e. The van der Waals surface area contributed by atoms with Crippen LogP contribution in [0, 0.1) is 13.8 Å². The molecule has 0 aliphatic carbocycles. The van der Waals surface area contributed by atoms with Gasteiger partial charge in [-0.2, -0.15) is 0 Å². The highest BCUT2D eigenvalue weighted by Crippen LogP contribution is 2.33. The zero-order chi connectivity index (χ0) is 14.0. The van der Waals surface area contributed by atoms with Gasteiger partial charge < -0.3 is 10.1 Å². The van der Waals surface area contributed by atoms with Gasteiger partial charge in [-0.15, -0.1) is 11.3 Å². The summed E-state index contributed by atoms with van der Waals surface area (Å²) in [5.74, 6) is 0.850. The van der Waals surface area contributed by atoms with Gasteiger partial charge >= 0.3 is 0 Å². The molecule has 2 rings (SSSR count). The predicted molar refractivity (Wildman–Crippen MR) is 83.2 cm³/mol. The van der Waals surface area contributed by atoms with Gasteiger partial charge in [0.15, 0.2) is 0 Å². The fourth-order valence-electron chi connectivity index (χ4n) is 1.90. The van der Waals surface area contributed by atoms with Gasteiger partial charge in [-0.1, -0.05) is 15.9 Å². The topological polar surface area (TPSA) is 34.2 Å². The lowest BCUT2D eigenvalue weighted by Crippen LogP contribution is -2.18. The first-order valence-corrected chi connectivity index (χ1v) is 7.62. The summed E-state index contributed by atoms with van der Waals surface area (Å²) >= 11 is 5.33. The second-order valence-corrected chi connectivity index (χ2v) is 6.39. The minimum Gasteiger partial charge on any atom is -0.497 e. The zero-order valence-corrected chi connectivity index (χ0v) is 13.9. The molecule has 1 aromatic carbocycles. The Balaban J connectivity index is 2.47. The number of benzene rings is 1. The molecule has 0 bridgehead atoms. The Hall–Kier alpha value is -0.910. The summed E-state index contributed by atoms with van der Waals surface area (Å²) in [6.45, 7) is 4.15. The van der Waals surface area contributed by atoms with Crippen LogP contribution in [-0.4, -0.2) is 19.1 Å². The molecule has 1 aromatic heterocycles. The van der Waals surface area contributed by atoms with Gasteiger partial charge in [0, 0.05) is 9.35 Å². The Morgan fingerprint density at radius 3 is 2.63 bits per heavy atom. The maximum absolute atomic E-state index is 5.30. The first-order valence-electron chi connectivity index (χ1n) is 6.01. The van der Waals surface area contributed by atoms with E-state index in [0.29, 0.717) is 0 Å². The molecule has 102 valence electrons. The average molecular weight is 341 g/mol. The Bertz CT molecular complexity index is 563. The number of ether oxygens (including phenoxy) is 1. The lowest BCUT2D eigenvalue weighted by molar-refractivity contribution is 0.413. The Morgan fingerprint density at radius 2 is 2.11 bits per heavy atom. The van der Waals surface area contributed by atoms with E-state index in [2.05, 4.69) is 33.2 Å². The van der Waals surface area contributed by atoms with Gasteiger partial charge in [-0.3, -0.25) is 0 Å². The number of thiazole rings is 1. The number of aryl methyl sites for hydroxylation is 2. The van der Waals surface area contributed by atoms with Crippen molar-refractivity contribution in [2.75, 3.05) is 14.2 Å². The fourth-order valence-corrected chi connectivity index (χ4v) is 3.43. The first-order chi connectivity index (χ1) is 9.06. The van der Waals surface area contributed by atoms with E-state index in [1.807, 2.05) is 32.2 Å². The molecule has 1 N–H and O–H groups in total. The van der Waals surface area contributed by atoms with Crippen LogP contribution < -0.4 is 10.1 Å². The van der Waals surface area contributed by atoms with E-state index in [1.165, 1.54) is 4.88 Å². The lowest BCUT2D eigenvalue weighted by Gasteiger charge is -2.16. The number of hydrogen-bond donors (Lipinski definition) is 1. The molecule has 0 amide bonds. The van der Waals surface area contributed by atoms with E-state index >= 15 is 0 Å². The summed E-state index contributed by atoms with van der Waals surface area (Å²) in [5.41, 5.74) is 2.23. The maximum atomic E-state index is 5.30. The number of hydrogen-bond acceptors (Lipinski definition) is 4. The van der Waals surface area contributed by atoms with Crippen molar-refractivity contribution in [2.24, 2.45) is 0 Å². The number of aromatic nitrogens is 1. The minimum atomic E-state index is 0.0712. The van der Waals surface area contributed by atoms with E-state index in [-0.39, 0.29) is 6.04 Å². The van der Waals surface area contributed by atoms with Crippen LogP contribution in [-0.2, 0) is 0 Å². The van der Waals surface area contributed by atoms with Crippen LogP contribution in [0.3, 0.4) is 0 Å². The average Bonchev–Trinajstić information content (AvgIpc) is 2.72. The summed E-state index contributed by atoms with van der Waals surface area (Å²) in [4.78, 5) is 5.91. The van der Waals surface area contributed by atoms with E-state index in [4.69, 9.17) is 4.74 Å². The van der Waals surface area contributed by atoms with E-state index in [1.54, 1.807) is 18.4 Å². The van der Waals surface area contributed by atoms with Gasteiger partial charge in [-0.25, -0.2) is 4.98 Å². The Labute approximate surface area is 126 Å². The van der Waals surface area contributed by atoms with Crippen molar-refractivity contribution < 1.29 is 4.74 Å². The molecule has 2 aromatic rings. The van der Waals surface area contributed by atoms with Crippen molar-refractivity contribution in [3.05, 3.63) is 43.8 Å². The van der Waals surface area contributed by atoms with Crippen LogP contribution in [0.2, 0.25) is 0 Å². The summed E-state index contributed by atoms with van der Waals surface area (Å²) in [7, 11) is 3.63. The number of rotatable bonds is 4. The zero-order valence-electron chi connectivity index (χ0n) is 11.5. The van der Waals surface area contributed by atoms with Crippen molar-refractivity contribution in [3.8, 4) is 5.75 Å². The molecular weight excluding hydrogens is 324 g/mol. The predicted octanol–water partition coefficient (Wildman–Crippen LogP) is 3.84. The second-order valence-electron chi connectivity index (χ2n) is 4.30. The molecular formula is C14H17BrN2OS. The van der Waals surface area contributed by atoms with Crippen LogP contribution in [0.4, 0.5) is 0 Å². The van der Waals surface area contributed by atoms with Crippen molar-refractivity contribution in [3.63, 3.8) is 0 Å². The standard InChI is InChI=1S/C14H17BrN2OS/c1-8-9(2)19-14(17-8)13(16-3)11-7-10(18-4)5-6-12(11)15/h5-7,13,16H,1-4H3. The van der Waals surface area contributed by atoms with Crippen LogP contribution in [0.5, 0.6) is 5.75 Å². The minimum absolute atomic E-state index is 0.0712. The lowest BCUT2D eigenvalue weighted by atomic mass is 10.1. The van der Waals surface area contributed by atoms with Crippen LogP contribution in [0.25, 0.3) is 0 Å². The summed E-state index contributed by atoms with van der Waals surface area (Å²) in [5, 5.41) is 4.41. The molecule has 5 heteroatoms. The molecule has 1 heterocycles. The highest BCUT2D eigenvalue weighted by molar-refractivity contribution is 9.10. The van der Waals surface area contributed by atoms with Gasteiger partial charge in [-0.05, 0) is 44.7 Å². The van der Waals surface area contributed by atoms with Crippen molar-refractivity contribution in [1.82, 2.24) is 10.3 Å². The van der Waals surface area contributed by atoms with Crippen molar-refractivity contribution in [1.29, 1.82) is 0 Å². The third-order valence-electron chi connectivity index (χ3n) is 3.09. The Kier molecular flexibility index (Phi) is 4.60. The van der Waals surface area contributed by atoms with E-state index in [0.717, 1.165) is 26.5 Å². The van der Waals surface area contributed by atoms with Crippen LogP contribution >= 0.6 is 27.3 Å². The highest BCUT2D eigenvalue weighted by Gasteiger charge is 2.20. The molecule has 3 nitrogen and oxygen atoms in total. The molecule has 0 saturated carbocycles. The molecule has 19 heavy (non-hydrogen) atoms. The molecule has 0 aliphatic rings. The number of halogens is 1. The van der Waals surface area contributed by atoms with E-state index in [9.17, 15) is 0 Å². The summed E-state index contributed by atoms with van der Waals surface area (Å²) in [6.07, 6.45) is 0. The Morgan fingerprint density at radius 1 is 1.37 bits per heavy atom. The molecule has 0 saturated heterocycles. The first kappa shape index (κ1) is 14.5.